The van der Waals surface area contributed by atoms with E-state index in [9.17, 15) is 13.6 Å². The van der Waals surface area contributed by atoms with E-state index in [-0.39, 0.29) is 36.3 Å². The Morgan fingerprint density at radius 1 is 1.42 bits per heavy atom. The Morgan fingerprint density at radius 2 is 2.05 bits per heavy atom. The van der Waals surface area contributed by atoms with Crippen molar-refractivity contribution in [1.82, 2.24) is 10.2 Å². The summed E-state index contributed by atoms with van der Waals surface area (Å²) < 4.78 is 26.9. The number of piperazine rings is 1. The molecule has 2 rings (SSSR count). The number of hydrogen-bond acceptors (Lipinski definition) is 2. The Labute approximate surface area is 117 Å². The van der Waals surface area contributed by atoms with Crippen molar-refractivity contribution in [3.63, 3.8) is 0 Å². The number of hydrogen-bond donors (Lipinski definition) is 1. The highest BCUT2D eigenvalue weighted by molar-refractivity contribution is 5.85. The topological polar surface area (TPSA) is 32.3 Å². The fraction of sp³-hybridized carbons (Fsp3) is 0.462. The summed E-state index contributed by atoms with van der Waals surface area (Å²) in [5.74, 6) is -1.55. The maximum absolute atomic E-state index is 13.4. The van der Waals surface area contributed by atoms with Gasteiger partial charge in [-0.3, -0.25) is 4.79 Å². The fourth-order valence-corrected chi connectivity index (χ4v) is 2.12. The van der Waals surface area contributed by atoms with Crippen molar-refractivity contribution in [2.45, 2.75) is 19.4 Å². The monoisotopic (exact) mass is 290 g/mol. The molecule has 0 aromatic heterocycles. The third kappa shape index (κ3) is 3.88. The molecule has 0 aliphatic carbocycles. The third-order valence-corrected chi connectivity index (χ3v) is 3.11. The van der Waals surface area contributed by atoms with Crippen LogP contribution in [0.5, 0.6) is 0 Å². The predicted octanol–water partition coefficient (Wildman–Crippen LogP) is 1.75. The van der Waals surface area contributed by atoms with E-state index in [1.54, 1.807) is 4.90 Å². The van der Waals surface area contributed by atoms with Crippen molar-refractivity contribution < 1.29 is 13.6 Å². The van der Waals surface area contributed by atoms with Crippen molar-refractivity contribution >= 4 is 18.3 Å². The molecule has 0 bridgehead atoms. The molecule has 1 aliphatic heterocycles. The SMILES string of the molecule is C[C@@H]1CN(C(=O)Cc2c(F)cccc2F)CCN1.Cl. The Hall–Kier alpha value is -1.20. The molecule has 0 spiro atoms. The first kappa shape index (κ1) is 15.9. The Balaban J connectivity index is 0.00000180. The van der Waals surface area contributed by atoms with Crippen LogP contribution in [0, 0.1) is 11.6 Å². The van der Waals surface area contributed by atoms with Crippen LogP contribution in [0.4, 0.5) is 8.78 Å². The van der Waals surface area contributed by atoms with E-state index in [1.807, 2.05) is 6.92 Å². The molecule has 1 aromatic rings. The van der Waals surface area contributed by atoms with Gasteiger partial charge in [0.1, 0.15) is 11.6 Å². The van der Waals surface area contributed by atoms with Gasteiger partial charge < -0.3 is 10.2 Å². The predicted molar refractivity (Wildman–Crippen MR) is 71.4 cm³/mol. The van der Waals surface area contributed by atoms with E-state index in [0.29, 0.717) is 19.6 Å². The summed E-state index contributed by atoms with van der Waals surface area (Å²) in [4.78, 5) is 13.6. The minimum Gasteiger partial charge on any atom is -0.340 e. The van der Waals surface area contributed by atoms with Crippen LogP contribution in [0.2, 0.25) is 0 Å². The van der Waals surface area contributed by atoms with Gasteiger partial charge in [-0.2, -0.15) is 0 Å². The molecule has 6 heteroatoms. The van der Waals surface area contributed by atoms with E-state index >= 15 is 0 Å². The van der Waals surface area contributed by atoms with Crippen LogP contribution >= 0.6 is 12.4 Å². The maximum atomic E-state index is 13.4. The second-order valence-corrected chi connectivity index (χ2v) is 4.57. The summed E-state index contributed by atoms with van der Waals surface area (Å²) in [5, 5.41) is 3.21. The lowest BCUT2D eigenvalue weighted by molar-refractivity contribution is -0.131. The van der Waals surface area contributed by atoms with Crippen molar-refractivity contribution in [2.24, 2.45) is 0 Å². The van der Waals surface area contributed by atoms with Gasteiger partial charge in [-0.05, 0) is 19.1 Å². The Kier molecular flexibility index (Phi) is 5.69. The van der Waals surface area contributed by atoms with Gasteiger partial charge in [0.25, 0.3) is 0 Å². The number of nitrogens with zero attached hydrogens (tertiary/aromatic N) is 1. The molecular weight excluding hydrogens is 274 g/mol. The number of amides is 1. The molecule has 1 saturated heterocycles. The minimum absolute atomic E-state index is 0. The highest BCUT2D eigenvalue weighted by Crippen LogP contribution is 2.14. The molecule has 106 valence electrons. The van der Waals surface area contributed by atoms with Crippen LogP contribution in [-0.2, 0) is 11.2 Å². The van der Waals surface area contributed by atoms with Crippen LogP contribution in [0.25, 0.3) is 0 Å². The van der Waals surface area contributed by atoms with Gasteiger partial charge in [-0.25, -0.2) is 8.78 Å². The van der Waals surface area contributed by atoms with E-state index in [4.69, 9.17) is 0 Å². The van der Waals surface area contributed by atoms with Gasteiger partial charge in [0.2, 0.25) is 5.91 Å². The summed E-state index contributed by atoms with van der Waals surface area (Å²) >= 11 is 0. The molecule has 1 N–H and O–H groups in total. The van der Waals surface area contributed by atoms with Crippen LogP contribution < -0.4 is 5.32 Å². The third-order valence-electron chi connectivity index (χ3n) is 3.11. The van der Waals surface area contributed by atoms with Crippen LogP contribution in [0.1, 0.15) is 12.5 Å². The number of benzene rings is 1. The molecule has 0 unspecified atom stereocenters. The van der Waals surface area contributed by atoms with E-state index in [1.165, 1.54) is 18.2 Å². The van der Waals surface area contributed by atoms with E-state index < -0.39 is 11.6 Å². The average molecular weight is 291 g/mol. The zero-order valence-electron chi connectivity index (χ0n) is 10.7. The molecule has 19 heavy (non-hydrogen) atoms. The summed E-state index contributed by atoms with van der Waals surface area (Å²) in [6, 6.07) is 3.86. The normalized spacial score (nSPS) is 18.9. The standard InChI is InChI=1S/C13H16F2N2O.ClH/c1-9-8-17(6-5-16-9)13(18)7-10-11(14)3-2-4-12(10)15;/h2-4,9,16H,5-8H2,1H3;1H/t9-;/m1./s1. The number of carbonyl (C=O) groups excluding carboxylic acids is 1. The van der Waals surface area contributed by atoms with Crippen molar-refractivity contribution in [3.8, 4) is 0 Å². The summed E-state index contributed by atoms with van der Waals surface area (Å²) in [6.45, 7) is 3.85. The quantitative estimate of drug-likeness (QED) is 0.900. The summed E-state index contributed by atoms with van der Waals surface area (Å²) in [5.41, 5.74) is -0.145. The number of nitrogens with one attached hydrogen (secondary N) is 1. The van der Waals surface area contributed by atoms with Crippen LogP contribution in [0.15, 0.2) is 18.2 Å². The van der Waals surface area contributed by atoms with Gasteiger partial charge in [-0.15, -0.1) is 12.4 Å². The molecule has 1 aliphatic rings. The lowest BCUT2D eigenvalue weighted by atomic mass is 10.1. The van der Waals surface area contributed by atoms with E-state index in [2.05, 4.69) is 5.32 Å². The molecule has 0 saturated carbocycles. The molecule has 0 radical (unpaired) electrons. The molecule has 1 amide bonds. The zero-order valence-corrected chi connectivity index (χ0v) is 11.5. The number of carbonyl (C=O) groups is 1. The smallest absolute Gasteiger partial charge is 0.227 e. The molecule has 3 nitrogen and oxygen atoms in total. The first-order valence-corrected chi connectivity index (χ1v) is 6.02. The maximum Gasteiger partial charge on any atom is 0.227 e. The minimum atomic E-state index is -0.661. The van der Waals surface area contributed by atoms with Crippen LogP contribution in [0.3, 0.4) is 0 Å². The van der Waals surface area contributed by atoms with Crippen molar-refractivity contribution in [1.29, 1.82) is 0 Å². The van der Waals surface area contributed by atoms with Gasteiger partial charge in [0, 0.05) is 31.2 Å². The largest absolute Gasteiger partial charge is 0.340 e. The first-order valence-electron chi connectivity index (χ1n) is 6.02. The molecule has 1 aromatic carbocycles. The van der Waals surface area contributed by atoms with Crippen molar-refractivity contribution in [2.75, 3.05) is 19.6 Å². The lowest BCUT2D eigenvalue weighted by Crippen LogP contribution is -2.51. The molecule has 1 atom stereocenters. The summed E-state index contributed by atoms with van der Waals surface area (Å²) in [6.07, 6.45) is -0.217. The second-order valence-electron chi connectivity index (χ2n) is 4.57. The van der Waals surface area contributed by atoms with Gasteiger partial charge in [0.15, 0.2) is 0 Å². The van der Waals surface area contributed by atoms with Gasteiger partial charge in [0.05, 0.1) is 6.42 Å². The van der Waals surface area contributed by atoms with Crippen LogP contribution in [-0.4, -0.2) is 36.5 Å². The Morgan fingerprint density at radius 3 is 2.63 bits per heavy atom. The highest BCUT2D eigenvalue weighted by Gasteiger charge is 2.22. The Bertz CT molecular complexity index is 436. The van der Waals surface area contributed by atoms with Crippen molar-refractivity contribution in [3.05, 3.63) is 35.4 Å². The number of rotatable bonds is 2. The number of halogens is 3. The second kappa shape index (κ2) is 6.82. The molecular formula is C13H17ClF2N2O. The highest BCUT2D eigenvalue weighted by atomic mass is 35.5. The lowest BCUT2D eigenvalue weighted by Gasteiger charge is -2.32. The van der Waals surface area contributed by atoms with Gasteiger partial charge >= 0.3 is 0 Å². The fourth-order valence-electron chi connectivity index (χ4n) is 2.12. The van der Waals surface area contributed by atoms with E-state index in [0.717, 1.165) is 0 Å². The van der Waals surface area contributed by atoms with Gasteiger partial charge in [-0.1, -0.05) is 6.07 Å². The first-order chi connectivity index (χ1) is 8.58. The molecule has 1 fully saturated rings. The average Bonchev–Trinajstić information content (AvgIpc) is 2.34. The zero-order chi connectivity index (χ0) is 13.1. The summed E-state index contributed by atoms with van der Waals surface area (Å²) in [7, 11) is 0. The molecule has 1 heterocycles.